The third-order valence-electron chi connectivity index (χ3n) is 6.65. The molecule has 0 spiro atoms. The molecular weight excluding hydrogens is 526 g/mol. The Balaban J connectivity index is 1.71. The first-order chi connectivity index (χ1) is 17.9. The summed E-state index contributed by atoms with van der Waals surface area (Å²) in [5.74, 6) is -6.86. The van der Waals surface area contributed by atoms with E-state index in [0.717, 1.165) is 0 Å². The van der Waals surface area contributed by atoms with Crippen molar-refractivity contribution in [1.82, 2.24) is 16.0 Å². The van der Waals surface area contributed by atoms with Crippen LogP contribution in [0, 0.1) is 11.8 Å². The zero-order chi connectivity index (χ0) is 28.0. The van der Waals surface area contributed by atoms with Crippen LogP contribution in [-0.2, 0) is 19.1 Å². The van der Waals surface area contributed by atoms with Crippen LogP contribution in [0.1, 0.15) is 55.8 Å². The minimum atomic E-state index is -2.79. The number of Topliss-reactive ketones (excluding diaryl/α,β-unsaturated/α-hetero) is 1. The van der Waals surface area contributed by atoms with Crippen LogP contribution in [0.25, 0.3) is 0 Å². The summed E-state index contributed by atoms with van der Waals surface area (Å²) < 4.78 is 32.4. The second kappa shape index (κ2) is 12.5. The van der Waals surface area contributed by atoms with E-state index in [1.807, 2.05) is 0 Å². The zero-order valence-electron chi connectivity index (χ0n) is 21.1. The van der Waals surface area contributed by atoms with Crippen molar-refractivity contribution in [2.75, 3.05) is 19.0 Å². The van der Waals surface area contributed by atoms with Crippen molar-refractivity contribution in [2.45, 2.75) is 63.5 Å². The van der Waals surface area contributed by atoms with E-state index in [9.17, 15) is 32.8 Å². The Labute approximate surface area is 223 Å². The highest BCUT2D eigenvalue weighted by Gasteiger charge is 2.37. The predicted octanol–water partition coefficient (Wildman–Crippen LogP) is 3.04. The van der Waals surface area contributed by atoms with E-state index in [4.69, 9.17) is 16.3 Å². The number of alkyl halides is 2. The second-order valence-corrected chi connectivity index (χ2v) is 10.2. The molecule has 208 valence electrons. The minimum Gasteiger partial charge on any atom is -0.449 e. The summed E-state index contributed by atoms with van der Waals surface area (Å²) >= 11 is 6.05. The maximum Gasteiger partial charge on any atom is 0.411 e. The fourth-order valence-corrected chi connectivity index (χ4v) is 4.93. The highest BCUT2D eigenvalue weighted by atomic mass is 35.5. The fourth-order valence-electron chi connectivity index (χ4n) is 4.76. The van der Waals surface area contributed by atoms with Crippen LogP contribution in [0.4, 0.5) is 19.3 Å². The van der Waals surface area contributed by atoms with Gasteiger partial charge < -0.3 is 20.7 Å². The van der Waals surface area contributed by atoms with Crippen LogP contribution in [-0.4, -0.2) is 61.3 Å². The molecule has 38 heavy (non-hydrogen) atoms. The number of amides is 4. The molecule has 4 amide bonds. The number of carbonyl (C=O) groups is 5. The number of halogens is 3. The Hall–Kier alpha value is -3.28. The van der Waals surface area contributed by atoms with Crippen molar-refractivity contribution in [3.63, 3.8) is 0 Å². The average molecular weight is 557 g/mol. The maximum atomic E-state index is 13.6. The molecular formula is C25H31ClF2N4O6. The Morgan fingerprint density at radius 1 is 1.26 bits per heavy atom. The number of hydrogen-bond donors (Lipinski definition) is 4. The Bertz CT molecular complexity index is 1100. The second-order valence-electron chi connectivity index (χ2n) is 9.78. The van der Waals surface area contributed by atoms with E-state index in [1.54, 1.807) is 6.92 Å². The highest BCUT2D eigenvalue weighted by molar-refractivity contribution is 6.38. The minimum absolute atomic E-state index is 0.00996. The van der Waals surface area contributed by atoms with Gasteiger partial charge in [0, 0.05) is 36.9 Å². The van der Waals surface area contributed by atoms with Gasteiger partial charge >= 0.3 is 6.09 Å². The largest absolute Gasteiger partial charge is 0.449 e. The smallest absolute Gasteiger partial charge is 0.411 e. The standard InChI is InChI=1S/C25H31ClF2N4O6/c1-13-8-15(21(34)30-13)9-19(20(33)23(36)29-2)31-22(35)17-10-16(26)5-6-18(17)32-24(37)38-12-14-4-3-7-25(27,28)11-14/h5-6,10,13-15,19H,3-4,7-9,11-12H2,1-2H3,(H,29,36)(H,30,34)(H,31,35)(H,32,37)/t13-,14?,15+,19?/m1/s1. The highest BCUT2D eigenvalue weighted by Crippen LogP contribution is 2.36. The molecule has 10 nitrogen and oxygen atoms in total. The molecule has 1 aromatic rings. The van der Waals surface area contributed by atoms with Crippen molar-refractivity contribution >= 4 is 46.9 Å². The van der Waals surface area contributed by atoms with Gasteiger partial charge in [0.2, 0.25) is 17.6 Å². The van der Waals surface area contributed by atoms with Gasteiger partial charge in [0.1, 0.15) is 0 Å². The Kier molecular flexibility index (Phi) is 9.64. The van der Waals surface area contributed by atoms with Crippen LogP contribution in [0.3, 0.4) is 0 Å². The lowest BCUT2D eigenvalue weighted by Crippen LogP contribution is -2.48. The molecule has 13 heteroatoms. The van der Waals surface area contributed by atoms with E-state index in [1.165, 1.54) is 25.2 Å². The van der Waals surface area contributed by atoms with Crippen molar-refractivity contribution in [2.24, 2.45) is 11.8 Å². The van der Waals surface area contributed by atoms with Crippen LogP contribution in [0.15, 0.2) is 18.2 Å². The van der Waals surface area contributed by atoms with Gasteiger partial charge in [-0.3, -0.25) is 24.5 Å². The summed E-state index contributed by atoms with van der Waals surface area (Å²) in [5, 5.41) is 9.98. The molecule has 0 aromatic heterocycles. The number of ketones is 1. The molecule has 1 aromatic carbocycles. The van der Waals surface area contributed by atoms with Crippen molar-refractivity contribution < 1.29 is 37.5 Å². The monoisotopic (exact) mass is 556 g/mol. The first-order valence-corrected chi connectivity index (χ1v) is 12.7. The third kappa shape index (κ3) is 7.86. The van der Waals surface area contributed by atoms with E-state index in [-0.39, 0.29) is 54.1 Å². The molecule has 2 aliphatic rings. The first kappa shape index (κ1) is 29.3. The summed E-state index contributed by atoms with van der Waals surface area (Å²) in [4.78, 5) is 62.5. The number of rotatable bonds is 9. The molecule has 0 radical (unpaired) electrons. The van der Waals surface area contributed by atoms with Gasteiger partial charge in [-0.05, 0) is 56.7 Å². The molecule has 0 bridgehead atoms. The third-order valence-corrected chi connectivity index (χ3v) is 6.88. The Morgan fingerprint density at radius 3 is 2.63 bits per heavy atom. The SMILES string of the molecule is CNC(=O)C(=O)C(C[C@@H]1C[C@@H](C)NC1=O)NC(=O)c1cc(Cl)ccc1NC(=O)OCC1CCCC(F)(F)C1. The van der Waals surface area contributed by atoms with Gasteiger partial charge in [0.25, 0.3) is 11.8 Å². The lowest BCUT2D eigenvalue weighted by Gasteiger charge is -2.28. The summed E-state index contributed by atoms with van der Waals surface area (Å²) in [6.45, 7) is 1.59. The van der Waals surface area contributed by atoms with Gasteiger partial charge in [0.15, 0.2) is 0 Å². The molecule has 4 N–H and O–H groups in total. The number of nitrogens with one attached hydrogen (secondary N) is 4. The number of benzene rings is 1. The summed E-state index contributed by atoms with van der Waals surface area (Å²) in [6.07, 6.45) is -0.344. The zero-order valence-corrected chi connectivity index (χ0v) is 21.8. The summed E-state index contributed by atoms with van der Waals surface area (Å²) in [5.41, 5.74) is -0.137. The van der Waals surface area contributed by atoms with Gasteiger partial charge in [-0.2, -0.15) is 0 Å². The van der Waals surface area contributed by atoms with Gasteiger partial charge in [0.05, 0.1) is 23.9 Å². The molecule has 3 rings (SSSR count). The lowest BCUT2D eigenvalue weighted by molar-refractivity contribution is -0.139. The van der Waals surface area contributed by atoms with Crippen LogP contribution < -0.4 is 21.3 Å². The number of ether oxygens (including phenoxy) is 1. The summed E-state index contributed by atoms with van der Waals surface area (Å²) in [7, 11) is 1.27. The lowest BCUT2D eigenvalue weighted by atomic mass is 9.87. The molecule has 1 aliphatic carbocycles. The van der Waals surface area contributed by atoms with Crippen LogP contribution in [0.5, 0.6) is 0 Å². The van der Waals surface area contributed by atoms with E-state index >= 15 is 0 Å². The van der Waals surface area contributed by atoms with Gasteiger partial charge in [-0.25, -0.2) is 13.6 Å². The quantitative estimate of drug-likeness (QED) is 0.344. The molecule has 2 fully saturated rings. The van der Waals surface area contributed by atoms with E-state index < -0.39 is 47.5 Å². The normalized spacial score (nSPS) is 23.1. The average Bonchev–Trinajstić information content (AvgIpc) is 3.17. The molecule has 2 unspecified atom stereocenters. The van der Waals surface area contributed by atoms with E-state index in [0.29, 0.717) is 19.3 Å². The molecule has 1 heterocycles. The fraction of sp³-hybridized carbons (Fsp3) is 0.560. The molecule has 1 aliphatic heterocycles. The predicted molar refractivity (Wildman–Crippen MR) is 134 cm³/mol. The number of hydrogen-bond acceptors (Lipinski definition) is 6. The Morgan fingerprint density at radius 2 is 2.00 bits per heavy atom. The first-order valence-electron chi connectivity index (χ1n) is 12.4. The van der Waals surface area contributed by atoms with Gasteiger partial charge in [-0.15, -0.1) is 0 Å². The topological polar surface area (TPSA) is 143 Å². The van der Waals surface area contributed by atoms with Crippen molar-refractivity contribution in [1.29, 1.82) is 0 Å². The molecule has 1 saturated carbocycles. The summed E-state index contributed by atoms with van der Waals surface area (Å²) in [6, 6.07) is 2.56. The van der Waals surface area contributed by atoms with Gasteiger partial charge in [-0.1, -0.05) is 11.6 Å². The van der Waals surface area contributed by atoms with E-state index in [2.05, 4.69) is 21.3 Å². The maximum absolute atomic E-state index is 13.6. The van der Waals surface area contributed by atoms with Crippen LogP contribution in [0.2, 0.25) is 5.02 Å². The number of anilines is 1. The van der Waals surface area contributed by atoms with Crippen LogP contribution >= 0.6 is 11.6 Å². The molecule has 4 atom stereocenters. The number of carbonyl (C=O) groups excluding carboxylic acids is 5. The van der Waals surface area contributed by atoms with Crippen molar-refractivity contribution in [3.8, 4) is 0 Å². The van der Waals surface area contributed by atoms with Crippen molar-refractivity contribution in [3.05, 3.63) is 28.8 Å². The molecule has 1 saturated heterocycles. The number of likely N-dealkylation sites (N-methyl/N-ethyl adjacent to an activating group) is 1.